The maximum Gasteiger partial charge on any atom is 0.323 e. The highest BCUT2D eigenvalue weighted by Gasteiger charge is 2.32. The van der Waals surface area contributed by atoms with Crippen molar-refractivity contribution in [3.63, 3.8) is 0 Å². The van der Waals surface area contributed by atoms with E-state index in [-0.39, 0.29) is 24.8 Å². The lowest BCUT2D eigenvalue weighted by Gasteiger charge is -2.36. The molecule has 1 aromatic heterocycles. The summed E-state index contributed by atoms with van der Waals surface area (Å²) in [5, 5.41) is 22.6. The Morgan fingerprint density at radius 1 is 0.864 bits per heavy atom. The van der Waals surface area contributed by atoms with Gasteiger partial charge in [-0.25, -0.2) is 9.78 Å². The van der Waals surface area contributed by atoms with Crippen LogP contribution in [0, 0.1) is 0 Å². The van der Waals surface area contributed by atoms with Gasteiger partial charge in [0.05, 0.1) is 18.8 Å². The van der Waals surface area contributed by atoms with Crippen LogP contribution in [0.5, 0.6) is 11.5 Å². The molecule has 4 N–H and O–H groups in total. The van der Waals surface area contributed by atoms with E-state index in [2.05, 4.69) is 25.8 Å². The van der Waals surface area contributed by atoms with Crippen LogP contribution in [0.4, 0.5) is 16.2 Å². The first kappa shape index (κ1) is 29.4. The number of rotatable bonds is 10. The number of benzene rings is 4. The van der Waals surface area contributed by atoms with Crippen molar-refractivity contribution in [1.82, 2.24) is 15.2 Å². The van der Waals surface area contributed by atoms with Gasteiger partial charge in [-0.15, -0.1) is 0 Å². The topological polar surface area (TPSA) is 131 Å². The number of hydrogen-bond donors (Lipinski definition) is 4. The van der Waals surface area contributed by atoms with Gasteiger partial charge < -0.3 is 30.0 Å². The highest BCUT2D eigenvalue weighted by molar-refractivity contribution is 7.99. The number of ether oxygens (including phenoxy) is 3. The number of urea groups is 1. The number of aromatic nitrogens is 3. The number of hydrogen-bond acceptors (Lipinski definition) is 8. The summed E-state index contributed by atoms with van der Waals surface area (Å²) in [4.78, 5) is 16.9. The Hall–Kier alpha value is -4.68. The number of nitrogens with zero attached hydrogens (tertiary/aromatic N) is 2. The Morgan fingerprint density at radius 3 is 2.18 bits per heavy atom. The van der Waals surface area contributed by atoms with Crippen molar-refractivity contribution < 1.29 is 24.1 Å². The Morgan fingerprint density at radius 2 is 1.52 bits per heavy atom. The molecule has 44 heavy (non-hydrogen) atoms. The molecule has 2 amide bonds. The van der Waals surface area contributed by atoms with Gasteiger partial charge in [-0.05, 0) is 59.7 Å². The van der Waals surface area contributed by atoms with Gasteiger partial charge in [-0.2, -0.15) is 5.10 Å². The fourth-order valence-corrected chi connectivity index (χ4v) is 5.50. The molecule has 3 atom stereocenters. The number of H-pyrrole nitrogens is 1. The largest absolute Gasteiger partial charge is 0.457 e. The average molecular weight is 610 g/mol. The smallest absolute Gasteiger partial charge is 0.323 e. The standard InChI is InChI=1S/C33H31N5O5S/c39-19-22-6-8-23(9-7-22)30-18-29(20-44-33-34-21-35-38-33)42-31(43-30)24-10-12-25(13-11-24)36-32(40)37-26-14-16-28(17-15-26)41-27-4-2-1-3-5-27/h1-17,21,29-31,39H,18-20H2,(H,34,35,38)(H2,36,37,40)/t29-,30+,31+/m1/s1. The molecule has 4 aromatic carbocycles. The molecule has 224 valence electrons. The zero-order valence-corrected chi connectivity index (χ0v) is 24.4. The van der Waals surface area contributed by atoms with E-state index in [4.69, 9.17) is 14.2 Å². The molecular weight excluding hydrogens is 578 g/mol. The number of anilines is 2. The van der Waals surface area contributed by atoms with Crippen LogP contribution >= 0.6 is 11.8 Å². The van der Waals surface area contributed by atoms with Gasteiger partial charge in [0, 0.05) is 29.1 Å². The summed E-state index contributed by atoms with van der Waals surface area (Å²) < 4.78 is 18.6. The lowest BCUT2D eigenvalue weighted by molar-refractivity contribution is -0.245. The van der Waals surface area contributed by atoms with Crippen molar-refractivity contribution in [3.8, 4) is 11.5 Å². The van der Waals surface area contributed by atoms with Crippen molar-refractivity contribution in [2.75, 3.05) is 16.4 Å². The van der Waals surface area contributed by atoms with Gasteiger partial charge in [-0.3, -0.25) is 5.10 Å². The molecule has 1 fully saturated rings. The molecule has 1 aliphatic heterocycles. The first-order valence-electron chi connectivity index (χ1n) is 14.1. The lowest BCUT2D eigenvalue weighted by atomic mass is 10.0. The minimum absolute atomic E-state index is 0.0115. The van der Waals surface area contributed by atoms with Gasteiger partial charge in [0.25, 0.3) is 0 Å². The fourth-order valence-electron chi connectivity index (χ4n) is 4.71. The molecule has 0 unspecified atom stereocenters. The fraction of sp³-hybridized carbons (Fsp3) is 0.182. The summed E-state index contributed by atoms with van der Waals surface area (Å²) >= 11 is 1.54. The summed E-state index contributed by atoms with van der Waals surface area (Å²) in [5.41, 5.74) is 3.95. The molecule has 1 saturated heterocycles. The quantitative estimate of drug-likeness (QED) is 0.124. The second-order valence-electron chi connectivity index (χ2n) is 10.1. The predicted molar refractivity (Wildman–Crippen MR) is 168 cm³/mol. The summed E-state index contributed by atoms with van der Waals surface area (Å²) in [5.74, 6) is 2.08. The van der Waals surface area contributed by atoms with Gasteiger partial charge in [0.2, 0.25) is 0 Å². The van der Waals surface area contributed by atoms with E-state index in [1.54, 1.807) is 36.0 Å². The van der Waals surface area contributed by atoms with Crippen LogP contribution in [-0.2, 0) is 16.1 Å². The van der Waals surface area contributed by atoms with E-state index >= 15 is 0 Å². The number of amides is 2. The number of carbonyl (C=O) groups is 1. The molecule has 0 saturated carbocycles. The normalized spacial score (nSPS) is 18.0. The third-order valence-electron chi connectivity index (χ3n) is 6.95. The van der Waals surface area contributed by atoms with E-state index in [0.717, 1.165) is 27.6 Å². The van der Waals surface area contributed by atoms with Crippen LogP contribution in [0.1, 0.15) is 35.5 Å². The maximum atomic E-state index is 12.7. The predicted octanol–water partition coefficient (Wildman–Crippen LogP) is 7.07. The number of carbonyl (C=O) groups excluding carboxylic acids is 1. The summed E-state index contributed by atoms with van der Waals surface area (Å²) in [6, 6.07) is 31.5. The zero-order chi connectivity index (χ0) is 30.1. The molecule has 0 bridgehead atoms. The van der Waals surface area contributed by atoms with Crippen molar-refractivity contribution in [3.05, 3.63) is 126 Å². The van der Waals surface area contributed by atoms with E-state index in [9.17, 15) is 9.90 Å². The lowest BCUT2D eigenvalue weighted by Crippen LogP contribution is -2.31. The van der Waals surface area contributed by atoms with E-state index < -0.39 is 6.29 Å². The van der Waals surface area contributed by atoms with Gasteiger partial charge in [-0.1, -0.05) is 66.4 Å². The van der Waals surface area contributed by atoms with Crippen LogP contribution in [0.25, 0.3) is 0 Å². The highest BCUT2D eigenvalue weighted by atomic mass is 32.2. The number of aliphatic hydroxyl groups excluding tert-OH is 1. The summed E-state index contributed by atoms with van der Waals surface area (Å²) in [6.07, 6.45) is 1.23. The molecule has 0 aliphatic carbocycles. The molecular formula is C33H31N5O5S. The number of thioether (sulfide) groups is 1. The molecule has 1 aliphatic rings. The van der Waals surface area contributed by atoms with E-state index in [0.29, 0.717) is 29.3 Å². The average Bonchev–Trinajstić information content (AvgIpc) is 3.59. The van der Waals surface area contributed by atoms with Crippen LogP contribution in [-0.4, -0.2) is 38.2 Å². The second kappa shape index (κ2) is 14.2. The van der Waals surface area contributed by atoms with E-state index in [1.165, 1.54) is 6.33 Å². The highest BCUT2D eigenvalue weighted by Crippen LogP contribution is 2.39. The van der Waals surface area contributed by atoms with Crippen LogP contribution in [0.3, 0.4) is 0 Å². The Bertz CT molecular complexity index is 1620. The summed E-state index contributed by atoms with van der Waals surface area (Å²) in [7, 11) is 0. The van der Waals surface area contributed by atoms with Crippen LogP contribution in [0.15, 0.2) is 115 Å². The monoisotopic (exact) mass is 609 g/mol. The summed E-state index contributed by atoms with van der Waals surface area (Å²) in [6.45, 7) is -0.0115. The number of aliphatic hydroxyl groups is 1. The molecule has 11 heteroatoms. The number of para-hydroxylation sites is 1. The third kappa shape index (κ3) is 7.82. The Kier molecular flexibility index (Phi) is 9.48. The van der Waals surface area contributed by atoms with Crippen LogP contribution < -0.4 is 15.4 Å². The second-order valence-corrected chi connectivity index (χ2v) is 11.1. The van der Waals surface area contributed by atoms with Crippen molar-refractivity contribution in [2.45, 2.75) is 36.7 Å². The first-order chi connectivity index (χ1) is 21.6. The van der Waals surface area contributed by atoms with Crippen molar-refractivity contribution in [2.24, 2.45) is 0 Å². The Balaban J connectivity index is 1.07. The number of aromatic amines is 1. The van der Waals surface area contributed by atoms with Crippen LogP contribution in [0.2, 0.25) is 0 Å². The zero-order valence-electron chi connectivity index (χ0n) is 23.6. The molecule has 0 spiro atoms. The van der Waals surface area contributed by atoms with E-state index in [1.807, 2.05) is 78.9 Å². The molecule has 0 radical (unpaired) electrons. The Labute approximate surface area is 258 Å². The minimum atomic E-state index is -0.605. The van der Waals surface area contributed by atoms with Gasteiger partial charge in [0.15, 0.2) is 11.4 Å². The molecule has 10 nitrogen and oxygen atoms in total. The molecule has 2 heterocycles. The first-order valence-corrected chi connectivity index (χ1v) is 15.1. The van der Waals surface area contributed by atoms with Gasteiger partial charge in [0.1, 0.15) is 17.8 Å². The van der Waals surface area contributed by atoms with Crippen molar-refractivity contribution >= 4 is 29.2 Å². The number of nitrogens with one attached hydrogen (secondary N) is 3. The molecule has 5 aromatic rings. The maximum absolute atomic E-state index is 12.7. The SMILES string of the molecule is O=C(Nc1ccc(Oc2ccccc2)cc1)Nc1ccc([C@H]2O[C@@H](CSc3ncn[nH]3)C[C@@H](c3ccc(CO)cc3)O2)cc1. The third-order valence-corrected chi connectivity index (χ3v) is 7.95. The van der Waals surface area contributed by atoms with Crippen molar-refractivity contribution in [1.29, 1.82) is 0 Å². The minimum Gasteiger partial charge on any atom is -0.457 e. The van der Waals surface area contributed by atoms with Gasteiger partial charge >= 0.3 is 6.03 Å². The molecule has 6 rings (SSSR count).